The van der Waals surface area contributed by atoms with Crippen molar-refractivity contribution in [3.8, 4) is 0 Å². The monoisotopic (exact) mass is 360 g/mol. The average molecular weight is 360 g/mol. The van der Waals surface area contributed by atoms with Crippen LogP contribution in [0.3, 0.4) is 0 Å². The molecule has 0 saturated carbocycles. The first-order valence-electron chi connectivity index (χ1n) is 8.74. The lowest BCUT2D eigenvalue weighted by Crippen LogP contribution is -2.31. The Morgan fingerprint density at radius 2 is 2.04 bits per heavy atom. The fourth-order valence-electron chi connectivity index (χ4n) is 2.59. The number of benzene rings is 1. The summed E-state index contributed by atoms with van der Waals surface area (Å²) in [5.41, 5.74) is 7.25. The van der Waals surface area contributed by atoms with Crippen molar-refractivity contribution in [3.63, 3.8) is 0 Å². The fraction of sp³-hybridized carbons (Fsp3) is 0.500. The highest BCUT2D eigenvalue weighted by Gasteiger charge is 2.17. The number of carbonyl (C=O) groups excluding carboxylic acids is 1. The molecule has 2 rings (SSSR count). The van der Waals surface area contributed by atoms with Crippen LogP contribution in [0.2, 0.25) is 6.32 Å². The Labute approximate surface area is 152 Å². The van der Waals surface area contributed by atoms with Crippen molar-refractivity contribution in [1.82, 2.24) is 25.5 Å². The maximum absolute atomic E-state index is 12.1. The second-order valence-corrected chi connectivity index (χ2v) is 6.15. The Balaban J connectivity index is 1.75. The van der Waals surface area contributed by atoms with Crippen molar-refractivity contribution >= 4 is 13.0 Å². The van der Waals surface area contributed by atoms with Gasteiger partial charge in [-0.3, -0.25) is 4.79 Å². The molecule has 1 aromatic carbocycles. The Kier molecular flexibility index (Phi) is 8.19. The van der Waals surface area contributed by atoms with Crippen molar-refractivity contribution < 1.29 is 14.8 Å². The van der Waals surface area contributed by atoms with Gasteiger partial charge < -0.3 is 21.1 Å². The number of carbonyl (C=O) groups is 1. The molecule has 0 aliphatic carbocycles. The third-order valence-electron chi connectivity index (χ3n) is 3.99. The van der Waals surface area contributed by atoms with Crippen molar-refractivity contribution in [2.24, 2.45) is 5.73 Å². The number of hydrogen-bond acceptors (Lipinski definition) is 7. The van der Waals surface area contributed by atoms with Gasteiger partial charge in [-0.2, -0.15) is 0 Å². The van der Waals surface area contributed by atoms with Crippen LogP contribution in [-0.2, 0) is 17.8 Å². The van der Waals surface area contributed by atoms with Gasteiger partial charge in [-0.1, -0.05) is 43.2 Å². The Hall–Kier alpha value is -2.30. The zero-order valence-corrected chi connectivity index (χ0v) is 14.7. The summed E-state index contributed by atoms with van der Waals surface area (Å²) in [6.07, 6.45) is 3.03. The predicted octanol–water partition coefficient (Wildman–Crippen LogP) is -0.325. The molecule has 0 aliphatic heterocycles. The van der Waals surface area contributed by atoms with E-state index in [9.17, 15) is 4.79 Å². The highest BCUT2D eigenvalue weighted by Crippen LogP contribution is 2.14. The highest BCUT2D eigenvalue weighted by atomic mass is 16.4. The van der Waals surface area contributed by atoms with E-state index in [4.69, 9.17) is 15.8 Å². The summed E-state index contributed by atoms with van der Waals surface area (Å²) in [5, 5.41) is 31.9. The quantitative estimate of drug-likeness (QED) is 0.318. The number of hydrogen-bond donors (Lipinski definition) is 4. The number of unbranched alkanes of at least 4 members (excludes halogenated alkanes) is 1. The Morgan fingerprint density at radius 1 is 1.27 bits per heavy atom. The van der Waals surface area contributed by atoms with Gasteiger partial charge in [0.15, 0.2) is 5.82 Å². The molecule has 0 saturated heterocycles. The smallest absolute Gasteiger partial charge is 0.427 e. The van der Waals surface area contributed by atoms with Crippen LogP contribution in [0, 0.1) is 0 Å². The summed E-state index contributed by atoms with van der Waals surface area (Å²) < 4.78 is 1.41. The first-order chi connectivity index (χ1) is 12.6. The molecule has 2 aromatic rings. The van der Waals surface area contributed by atoms with Gasteiger partial charge in [0.2, 0.25) is 5.91 Å². The second-order valence-electron chi connectivity index (χ2n) is 6.15. The second kappa shape index (κ2) is 10.6. The number of nitrogens with zero attached hydrogens (tertiary/aromatic N) is 4. The van der Waals surface area contributed by atoms with E-state index >= 15 is 0 Å². The van der Waals surface area contributed by atoms with Crippen molar-refractivity contribution in [2.45, 2.75) is 44.6 Å². The van der Waals surface area contributed by atoms with Gasteiger partial charge in [0.1, 0.15) is 6.54 Å². The standard InChI is InChI=1S/C16H25BN6O3/c18-14(8-4-5-10-17(25)26)16-20-21-22-23(16)12-15(24)19-11-9-13-6-2-1-3-7-13/h1-3,6-7,14,25-26H,4-5,8-12,18H2,(H,19,24)/t14-/m1/s1. The topological polar surface area (TPSA) is 139 Å². The molecule has 140 valence electrons. The highest BCUT2D eigenvalue weighted by molar-refractivity contribution is 6.40. The van der Waals surface area contributed by atoms with Gasteiger partial charge >= 0.3 is 7.12 Å². The number of tetrazole rings is 1. The summed E-state index contributed by atoms with van der Waals surface area (Å²) in [6.45, 7) is 0.552. The molecule has 1 heterocycles. The van der Waals surface area contributed by atoms with E-state index in [0.29, 0.717) is 31.5 Å². The van der Waals surface area contributed by atoms with Crippen LogP contribution in [0.15, 0.2) is 30.3 Å². The molecule has 1 amide bonds. The zero-order chi connectivity index (χ0) is 18.8. The van der Waals surface area contributed by atoms with E-state index in [1.54, 1.807) is 0 Å². The van der Waals surface area contributed by atoms with Crippen LogP contribution in [0.5, 0.6) is 0 Å². The van der Waals surface area contributed by atoms with Crippen LogP contribution in [0.1, 0.15) is 36.7 Å². The van der Waals surface area contributed by atoms with E-state index in [0.717, 1.165) is 18.4 Å². The number of nitrogens with one attached hydrogen (secondary N) is 1. The lowest BCUT2D eigenvalue weighted by molar-refractivity contribution is -0.121. The first-order valence-corrected chi connectivity index (χ1v) is 8.74. The third-order valence-corrected chi connectivity index (χ3v) is 3.99. The maximum atomic E-state index is 12.1. The molecular weight excluding hydrogens is 335 g/mol. The summed E-state index contributed by atoms with van der Waals surface area (Å²) in [4.78, 5) is 12.1. The minimum absolute atomic E-state index is 0.0141. The molecule has 5 N–H and O–H groups in total. The maximum Gasteiger partial charge on any atom is 0.451 e. The summed E-state index contributed by atoms with van der Waals surface area (Å²) in [7, 11) is -1.30. The van der Waals surface area contributed by atoms with Crippen molar-refractivity contribution in [2.75, 3.05) is 6.54 Å². The average Bonchev–Trinajstić information content (AvgIpc) is 3.07. The minimum Gasteiger partial charge on any atom is -0.427 e. The minimum atomic E-state index is -1.30. The van der Waals surface area contributed by atoms with E-state index < -0.39 is 13.2 Å². The molecule has 10 heteroatoms. The fourth-order valence-corrected chi connectivity index (χ4v) is 2.59. The molecular formula is C16H25BN6O3. The normalized spacial score (nSPS) is 12.0. The van der Waals surface area contributed by atoms with Gasteiger partial charge in [-0.25, -0.2) is 4.68 Å². The molecule has 9 nitrogen and oxygen atoms in total. The predicted molar refractivity (Wildman–Crippen MR) is 96.8 cm³/mol. The molecule has 0 spiro atoms. The lowest BCUT2D eigenvalue weighted by Gasteiger charge is -2.11. The molecule has 0 unspecified atom stereocenters. The van der Waals surface area contributed by atoms with Gasteiger partial charge in [0.25, 0.3) is 0 Å². The van der Waals surface area contributed by atoms with Crippen LogP contribution >= 0.6 is 0 Å². The third kappa shape index (κ3) is 6.91. The summed E-state index contributed by atoms with van der Waals surface area (Å²) in [5.74, 6) is 0.276. The zero-order valence-electron chi connectivity index (χ0n) is 14.7. The molecule has 1 aromatic heterocycles. The van der Waals surface area contributed by atoms with Crippen LogP contribution < -0.4 is 11.1 Å². The number of amides is 1. The van der Waals surface area contributed by atoms with Crippen molar-refractivity contribution in [3.05, 3.63) is 41.7 Å². The molecule has 1 atom stereocenters. The Bertz CT molecular complexity index is 667. The van der Waals surface area contributed by atoms with E-state index in [-0.39, 0.29) is 12.5 Å². The van der Waals surface area contributed by atoms with Crippen LogP contribution in [0.4, 0.5) is 0 Å². The van der Waals surface area contributed by atoms with Gasteiger partial charge in [-0.05, 0) is 35.2 Å². The van der Waals surface area contributed by atoms with E-state index in [1.807, 2.05) is 30.3 Å². The van der Waals surface area contributed by atoms with Crippen LogP contribution in [-0.4, -0.2) is 49.8 Å². The molecule has 26 heavy (non-hydrogen) atoms. The summed E-state index contributed by atoms with van der Waals surface area (Å²) in [6, 6.07) is 9.51. The molecule has 0 radical (unpaired) electrons. The molecule has 0 bridgehead atoms. The van der Waals surface area contributed by atoms with Gasteiger partial charge in [0.05, 0.1) is 6.04 Å². The lowest BCUT2D eigenvalue weighted by atomic mass is 9.83. The first kappa shape index (κ1) is 20.0. The largest absolute Gasteiger partial charge is 0.451 e. The number of rotatable bonds is 11. The SMILES string of the molecule is N[C@H](CCCCB(O)O)c1nnnn1CC(=O)NCCc1ccccc1. The van der Waals surface area contributed by atoms with Crippen LogP contribution in [0.25, 0.3) is 0 Å². The summed E-state index contributed by atoms with van der Waals surface area (Å²) >= 11 is 0. The number of aromatic nitrogens is 4. The molecule has 0 fully saturated rings. The van der Waals surface area contributed by atoms with Crippen molar-refractivity contribution in [1.29, 1.82) is 0 Å². The van der Waals surface area contributed by atoms with Gasteiger partial charge in [-0.15, -0.1) is 5.10 Å². The van der Waals surface area contributed by atoms with E-state index in [2.05, 4.69) is 20.8 Å². The molecule has 0 aliphatic rings. The number of nitrogens with two attached hydrogens (primary N) is 1. The van der Waals surface area contributed by atoms with E-state index in [1.165, 1.54) is 4.68 Å². The Morgan fingerprint density at radius 3 is 2.77 bits per heavy atom. The van der Waals surface area contributed by atoms with Gasteiger partial charge in [0, 0.05) is 6.54 Å².